The number of hydrogen-bond acceptors (Lipinski definition) is 6. The van der Waals surface area contributed by atoms with Crippen molar-refractivity contribution in [2.24, 2.45) is 17.8 Å². The summed E-state index contributed by atoms with van der Waals surface area (Å²) in [6.07, 6.45) is -0.728. The highest BCUT2D eigenvalue weighted by molar-refractivity contribution is 5.70. The maximum absolute atomic E-state index is 11.1. The van der Waals surface area contributed by atoms with E-state index < -0.39 is 12.3 Å². The molecule has 116 valence electrons. The third kappa shape index (κ3) is 4.45. The van der Waals surface area contributed by atoms with Crippen LogP contribution >= 0.6 is 0 Å². The lowest BCUT2D eigenvalue weighted by Gasteiger charge is -2.42. The Labute approximate surface area is 119 Å². The molecule has 0 N–H and O–H groups in total. The van der Waals surface area contributed by atoms with Crippen molar-refractivity contribution in [2.45, 2.75) is 40.1 Å². The highest BCUT2D eigenvalue weighted by Gasteiger charge is 2.40. The molecule has 0 aromatic carbocycles. The first-order valence-corrected chi connectivity index (χ1v) is 6.84. The minimum atomic E-state index is -0.499. The van der Waals surface area contributed by atoms with E-state index >= 15 is 0 Å². The molecule has 1 rings (SSSR count). The zero-order valence-electron chi connectivity index (χ0n) is 12.8. The van der Waals surface area contributed by atoms with Gasteiger partial charge < -0.3 is 18.9 Å². The van der Waals surface area contributed by atoms with Gasteiger partial charge in [-0.15, -0.1) is 0 Å². The van der Waals surface area contributed by atoms with Gasteiger partial charge in [0.1, 0.15) is 13.2 Å². The first kappa shape index (κ1) is 16.9. The molecular weight excluding hydrogens is 264 g/mol. The lowest BCUT2D eigenvalue weighted by molar-refractivity contribution is -0.255. The van der Waals surface area contributed by atoms with Crippen molar-refractivity contribution in [3.63, 3.8) is 0 Å². The average Bonchev–Trinajstić information content (AvgIpc) is 2.42. The quantitative estimate of drug-likeness (QED) is 0.712. The van der Waals surface area contributed by atoms with Crippen molar-refractivity contribution in [3.8, 4) is 0 Å². The lowest BCUT2D eigenvalue weighted by atomic mass is 9.79. The first-order chi connectivity index (χ1) is 9.36. The summed E-state index contributed by atoms with van der Waals surface area (Å²) >= 11 is 0. The van der Waals surface area contributed by atoms with Gasteiger partial charge in [0.25, 0.3) is 0 Å². The molecule has 3 unspecified atom stereocenters. The molecule has 0 aromatic heterocycles. The molecule has 1 fully saturated rings. The predicted octanol–water partition coefficient (Wildman–Crippen LogP) is 1.37. The van der Waals surface area contributed by atoms with Crippen LogP contribution < -0.4 is 0 Å². The minimum absolute atomic E-state index is 0.142. The highest BCUT2D eigenvalue weighted by Crippen LogP contribution is 2.35. The van der Waals surface area contributed by atoms with E-state index in [1.54, 1.807) is 0 Å². The van der Waals surface area contributed by atoms with Gasteiger partial charge in [0.05, 0.1) is 13.2 Å². The summed E-state index contributed by atoms with van der Waals surface area (Å²) in [5.41, 5.74) is 0. The fourth-order valence-electron chi connectivity index (χ4n) is 2.28. The van der Waals surface area contributed by atoms with Crippen LogP contribution in [0, 0.1) is 17.8 Å². The van der Waals surface area contributed by atoms with E-state index in [9.17, 15) is 9.59 Å². The number of hydrogen-bond donors (Lipinski definition) is 0. The molecule has 1 heterocycles. The van der Waals surface area contributed by atoms with Crippen LogP contribution in [-0.2, 0) is 28.5 Å². The molecule has 1 aliphatic heterocycles. The van der Waals surface area contributed by atoms with Gasteiger partial charge in [-0.3, -0.25) is 4.79 Å². The minimum Gasteiger partial charge on any atom is -0.467 e. The Hall–Kier alpha value is -1.14. The van der Waals surface area contributed by atoms with Crippen LogP contribution in [-0.4, -0.2) is 44.7 Å². The third-order valence-corrected chi connectivity index (χ3v) is 4.03. The van der Waals surface area contributed by atoms with Gasteiger partial charge in [0, 0.05) is 12.8 Å². The summed E-state index contributed by atoms with van der Waals surface area (Å²) in [7, 11) is 1.31. The van der Waals surface area contributed by atoms with Crippen LogP contribution in [0.2, 0.25) is 0 Å². The Kier molecular flexibility index (Phi) is 6.42. The van der Waals surface area contributed by atoms with Crippen LogP contribution in [0.4, 0.5) is 0 Å². The fraction of sp³-hybridized carbons (Fsp3) is 0.857. The predicted molar refractivity (Wildman–Crippen MR) is 70.8 cm³/mol. The summed E-state index contributed by atoms with van der Waals surface area (Å²) in [6.45, 7) is 7.60. The third-order valence-electron chi connectivity index (χ3n) is 4.03. The second-order valence-electron chi connectivity index (χ2n) is 5.31. The Bertz CT molecular complexity index is 343. The molecule has 0 saturated carbocycles. The number of rotatable bonds is 5. The van der Waals surface area contributed by atoms with Crippen molar-refractivity contribution in [1.82, 2.24) is 0 Å². The lowest BCUT2D eigenvalue weighted by Crippen LogP contribution is -2.48. The van der Waals surface area contributed by atoms with Crippen LogP contribution in [0.15, 0.2) is 0 Å². The normalized spacial score (nSPS) is 33.5. The van der Waals surface area contributed by atoms with E-state index in [0.717, 1.165) is 0 Å². The standard InChI is InChI=1S/C14H24O6/c1-8-9(2)12(6-18-11(4)15)20-14(10(8)3)19-7-13(16)17-5/h8-10,12,14H,6-7H2,1-5H3/t8-,9+,10?,12?,14?/m0/s1. The van der Waals surface area contributed by atoms with Crippen LogP contribution in [0.25, 0.3) is 0 Å². The Morgan fingerprint density at radius 1 is 1.10 bits per heavy atom. The molecule has 0 radical (unpaired) electrons. The summed E-state index contributed by atoms with van der Waals surface area (Å²) in [5, 5.41) is 0. The van der Waals surface area contributed by atoms with E-state index in [1.165, 1.54) is 14.0 Å². The molecule has 0 spiro atoms. The topological polar surface area (TPSA) is 71.1 Å². The van der Waals surface area contributed by atoms with E-state index in [-0.39, 0.29) is 37.1 Å². The van der Waals surface area contributed by atoms with Crippen molar-refractivity contribution in [1.29, 1.82) is 0 Å². The molecular formula is C14H24O6. The number of methoxy groups -OCH3 is 1. The molecule has 0 aliphatic carbocycles. The van der Waals surface area contributed by atoms with Crippen molar-refractivity contribution in [3.05, 3.63) is 0 Å². The fourth-order valence-corrected chi connectivity index (χ4v) is 2.28. The summed E-state index contributed by atoms with van der Waals surface area (Å²) in [4.78, 5) is 22.0. The van der Waals surface area contributed by atoms with Gasteiger partial charge >= 0.3 is 11.9 Å². The smallest absolute Gasteiger partial charge is 0.331 e. The Balaban J connectivity index is 2.60. The number of carbonyl (C=O) groups is 2. The average molecular weight is 288 g/mol. The molecule has 1 aliphatic rings. The zero-order chi connectivity index (χ0) is 15.3. The molecule has 20 heavy (non-hydrogen) atoms. The van der Waals surface area contributed by atoms with Crippen LogP contribution in [0.3, 0.4) is 0 Å². The molecule has 5 atom stereocenters. The van der Waals surface area contributed by atoms with E-state index in [1.807, 2.05) is 6.92 Å². The summed E-state index contributed by atoms with van der Waals surface area (Å²) in [5.74, 6) is -0.0692. The van der Waals surface area contributed by atoms with Gasteiger partial charge in [-0.05, 0) is 11.8 Å². The van der Waals surface area contributed by atoms with Gasteiger partial charge in [-0.25, -0.2) is 4.79 Å². The molecule has 1 saturated heterocycles. The summed E-state index contributed by atoms with van der Waals surface area (Å²) in [6, 6.07) is 0. The summed E-state index contributed by atoms with van der Waals surface area (Å²) < 4.78 is 20.8. The van der Waals surface area contributed by atoms with Crippen LogP contribution in [0.1, 0.15) is 27.7 Å². The van der Waals surface area contributed by atoms with E-state index in [0.29, 0.717) is 5.92 Å². The number of carbonyl (C=O) groups excluding carboxylic acids is 2. The van der Waals surface area contributed by atoms with Gasteiger partial charge in [-0.2, -0.15) is 0 Å². The second kappa shape index (κ2) is 7.59. The van der Waals surface area contributed by atoms with Crippen molar-refractivity contribution in [2.75, 3.05) is 20.3 Å². The second-order valence-corrected chi connectivity index (χ2v) is 5.31. The molecule has 6 nitrogen and oxygen atoms in total. The molecule has 0 aromatic rings. The maximum atomic E-state index is 11.1. The van der Waals surface area contributed by atoms with Gasteiger partial charge in [0.2, 0.25) is 0 Å². The van der Waals surface area contributed by atoms with Crippen molar-refractivity contribution < 1.29 is 28.5 Å². The van der Waals surface area contributed by atoms with Crippen molar-refractivity contribution >= 4 is 11.9 Å². The monoisotopic (exact) mass is 288 g/mol. The molecule has 6 heteroatoms. The Morgan fingerprint density at radius 3 is 2.30 bits per heavy atom. The molecule has 0 bridgehead atoms. The van der Waals surface area contributed by atoms with Crippen LogP contribution in [0.5, 0.6) is 0 Å². The maximum Gasteiger partial charge on any atom is 0.331 e. The number of esters is 2. The van der Waals surface area contributed by atoms with Gasteiger partial charge in [-0.1, -0.05) is 20.8 Å². The zero-order valence-corrected chi connectivity index (χ0v) is 12.8. The SMILES string of the molecule is COC(=O)COC1OC(COC(C)=O)[C@H](C)[C@H](C)C1C. The largest absolute Gasteiger partial charge is 0.467 e. The highest BCUT2D eigenvalue weighted by atomic mass is 16.7. The Morgan fingerprint density at radius 2 is 1.75 bits per heavy atom. The number of ether oxygens (including phenoxy) is 4. The van der Waals surface area contributed by atoms with Gasteiger partial charge in [0.15, 0.2) is 6.29 Å². The van der Waals surface area contributed by atoms with E-state index in [4.69, 9.17) is 14.2 Å². The van der Waals surface area contributed by atoms with E-state index in [2.05, 4.69) is 18.6 Å². The molecule has 0 amide bonds. The first-order valence-electron chi connectivity index (χ1n) is 6.84.